The van der Waals surface area contributed by atoms with E-state index in [9.17, 15) is 14.4 Å². The van der Waals surface area contributed by atoms with E-state index in [1.807, 2.05) is 13.8 Å². The lowest BCUT2D eigenvalue weighted by atomic mass is 9.99. The Kier molecular flexibility index (Phi) is 4.85. The quantitative estimate of drug-likeness (QED) is 0.762. The van der Waals surface area contributed by atoms with Crippen molar-refractivity contribution in [3.63, 3.8) is 0 Å². The maximum absolute atomic E-state index is 12.5. The van der Waals surface area contributed by atoms with Gasteiger partial charge in [-0.25, -0.2) is 0 Å². The van der Waals surface area contributed by atoms with E-state index in [1.165, 1.54) is 9.80 Å². The highest BCUT2D eigenvalue weighted by molar-refractivity contribution is 6.35. The monoisotopic (exact) mass is 295 g/mol. The summed E-state index contributed by atoms with van der Waals surface area (Å²) < 4.78 is 0. The first-order chi connectivity index (χ1) is 9.91. The molecule has 3 amide bonds. The number of hydrogen-bond donors (Lipinski definition) is 1. The largest absolute Gasteiger partial charge is 0.352 e. The van der Waals surface area contributed by atoms with E-state index in [1.54, 1.807) is 7.05 Å². The molecule has 1 aliphatic carbocycles. The van der Waals surface area contributed by atoms with Gasteiger partial charge in [0, 0.05) is 26.2 Å². The van der Waals surface area contributed by atoms with Crippen molar-refractivity contribution in [3.05, 3.63) is 0 Å². The lowest BCUT2D eigenvalue weighted by Crippen LogP contribution is -2.61. The topological polar surface area (TPSA) is 69.7 Å². The number of likely N-dealkylation sites (N-methyl/N-ethyl adjacent to an activating group) is 1. The van der Waals surface area contributed by atoms with E-state index in [0.717, 1.165) is 25.7 Å². The van der Waals surface area contributed by atoms with E-state index >= 15 is 0 Å². The summed E-state index contributed by atoms with van der Waals surface area (Å²) in [5, 5.41) is 3.05. The number of piperazine rings is 1. The average Bonchev–Trinajstić information content (AvgIpc) is 2.91. The molecule has 0 aromatic carbocycles. The van der Waals surface area contributed by atoms with E-state index in [2.05, 4.69) is 5.32 Å². The van der Waals surface area contributed by atoms with Crippen molar-refractivity contribution in [2.75, 3.05) is 20.1 Å². The van der Waals surface area contributed by atoms with Gasteiger partial charge in [-0.15, -0.1) is 0 Å². The molecule has 21 heavy (non-hydrogen) atoms. The van der Waals surface area contributed by atoms with Crippen LogP contribution in [0, 0.1) is 5.92 Å². The molecule has 1 heterocycles. The second-order valence-corrected chi connectivity index (χ2v) is 6.40. The Bertz CT molecular complexity index is 430. The fourth-order valence-electron chi connectivity index (χ4n) is 3.17. The van der Waals surface area contributed by atoms with Gasteiger partial charge >= 0.3 is 11.8 Å². The molecular weight excluding hydrogens is 270 g/mol. The normalized spacial score (nSPS) is 22.1. The molecule has 6 heteroatoms. The smallest absolute Gasteiger partial charge is 0.312 e. The van der Waals surface area contributed by atoms with Crippen LogP contribution in [0.15, 0.2) is 0 Å². The third-order valence-corrected chi connectivity index (χ3v) is 4.40. The summed E-state index contributed by atoms with van der Waals surface area (Å²) in [6.07, 6.45) is 4.30. The lowest BCUT2D eigenvalue weighted by Gasteiger charge is -2.38. The summed E-state index contributed by atoms with van der Waals surface area (Å²) in [5.41, 5.74) is 0. The van der Waals surface area contributed by atoms with Crippen LogP contribution in [0.5, 0.6) is 0 Å². The summed E-state index contributed by atoms with van der Waals surface area (Å²) in [5.74, 6) is -1.24. The average molecular weight is 295 g/mol. The molecule has 0 bridgehead atoms. The molecule has 2 aliphatic rings. The molecule has 6 nitrogen and oxygen atoms in total. The van der Waals surface area contributed by atoms with Gasteiger partial charge in [0.1, 0.15) is 6.04 Å². The SMILES string of the molecule is CC(C)C(C(=O)NC1CCCC1)N1CCN(C)C(=O)C1=O. The maximum Gasteiger partial charge on any atom is 0.312 e. The first kappa shape index (κ1) is 15.8. The second-order valence-electron chi connectivity index (χ2n) is 6.40. The van der Waals surface area contributed by atoms with Gasteiger partial charge in [-0.05, 0) is 18.8 Å². The Morgan fingerprint density at radius 1 is 1.14 bits per heavy atom. The minimum Gasteiger partial charge on any atom is -0.352 e. The van der Waals surface area contributed by atoms with Crippen molar-refractivity contribution in [2.45, 2.75) is 51.6 Å². The van der Waals surface area contributed by atoms with Crippen LogP contribution >= 0.6 is 0 Å². The summed E-state index contributed by atoms with van der Waals surface area (Å²) >= 11 is 0. The molecule has 1 saturated carbocycles. The second kappa shape index (κ2) is 6.45. The van der Waals surface area contributed by atoms with Crippen LogP contribution < -0.4 is 5.32 Å². The molecule has 1 N–H and O–H groups in total. The summed E-state index contributed by atoms with van der Waals surface area (Å²) in [4.78, 5) is 39.4. The van der Waals surface area contributed by atoms with Crippen molar-refractivity contribution < 1.29 is 14.4 Å². The molecule has 0 spiro atoms. The number of carbonyl (C=O) groups is 3. The van der Waals surface area contributed by atoms with Crippen LogP contribution in [-0.4, -0.2) is 59.7 Å². The highest BCUT2D eigenvalue weighted by Gasteiger charge is 2.39. The third kappa shape index (κ3) is 3.36. The molecule has 0 radical (unpaired) electrons. The van der Waals surface area contributed by atoms with E-state index in [0.29, 0.717) is 13.1 Å². The fraction of sp³-hybridized carbons (Fsp3) is 0.800. The first-order valence-electron chi connectivity index (χ1n) is 7.78. The Hall–Kier alpha value is -1.59. The molecule has 1 saturated heterocycles. The van der Waals surface area contributed by atoms with Crippen molar-refractivity contribution in [2.24, 2.45) is 5.92 Å². The van der Waals surface area contributed by atoms with Crippen LogP contribution in [0.25, 0.3) is 0 Å². The predicted octanol–water partition coefficient (Wildman–Crippen LogP) is 0.370. The minimum atomic E-state index is -0.566. The molecule has 2 fully saturated rings. The molecule has 0 aromatic rings. The van der Waals surface area contributed by atoms with E-state index in [4.69, 9.17) is 0 Å². The van der Waals surface area contributed by atoms with Crippen molar-refractivity contribution in [3.8, 4) is 0 Å². The highest BCUT2D eigenvalue weighted by atomic mass is 16.2. The zero-order valence-electron chi connectivity index (χ0n) is 13.1. The molecule has 1 unspecified atom stereocenters. The number of rotatable bonds is 4. The Labute approximate surface area is 125 Å². The number of nitrogens with one attached hydrogen (secondary N) is 1. The predicted molar refractivity (Wildman–Crippen MR) is 78.4 cm³/mol. The molecular formula is C15H25N3O3. The van der Waals surface area contributed by atoms with Crippen LogP contribution in [0.2, 0.25) is 0 Å². The van der Waals surface area contributed by atoms with Gasteiger partial charge in [0.15, 0.2) is 0 Å². The lowest BCUT2D eigenvalue weighted by molar-refractivity contribution is -0.159. The van der Waals surface area contributed by atoms with Crippen LogP contribution in [0.3, 0.4) is 0 Å². The van der Waals surface area contributed by atoms with Crippen LogP contribution in [-0.2, 0) is 14.4 Å². The molecule has 2 rings (SSSR count). The maximum atomic E-state index is 12.5. The summed E-state index contributed by atoms with van der Waals surface area (Å²) in [6, 6.07) is -0.340. The molecule has 1 atom stereocenters. The Morgan fingerprint density at radius 2 is 1.76 bits per heavy atom. The van der Waals surface area contributed by atoms with Gasteiger partial charge in [-0.3, -0.25) is 14.4 Å². The zero-order chi connectivity index (χ0) is 15.6. The van der Waals surface area contributed by atoms with Crippen molar-refractivity contribution in [1.29, 1.82) is 0 Å². The third-order valence-electron chi connectivity index (χ3n) is 4.40. The first-order valence-corrected chi connectivity index (χ1v) is 7.78. The Balaban J connectivity index is 2.09. The van der Waals surface area contributed by atoms with Gasteiger partial charge in [0.25, 0.3) is 0 Å². The molecule has 118 valence electrons. The van der Waals surface area contributed by atoms with Gasteiger partial charge in [0.2, 0.25) is 5.91 Å². The minimum absolute atomic E-state index is 0.0217. The summed E-state index contributed by atoms with van der Waals surface area (Å²) in [7, 11) is 1.61. The van der Waals surface area contributed by atoms with Gasteiger partial charge in [0.05, 0.1) is 0 Å². The number of hydrogen-bond acceptors (Lipinski definition) is 3. The number of carbonyl (C=O) groups excluding carboxylic acids is 3. The van der Waals surface area contributed by atoms with E-state index in [-0.39, 0.29) is 17.9 Å². The van der Waals surface area contributed by atoms with Gasteiger partial charge in [-0.1, -0.05) is 26.7 Å². The van der Waals surface area contributed by atoms with Crippen molar-refractivity contribution >= 4 is 17.7 Å². The molecule has 0 aromatic heterocycles. The van der Waals surface area contributed by atoms with Crippen LogP contribution in [0.1, 0.15) is 39.5 Å². The fourth-order valence-corrected chi connectivity index (χ4v) is 3.17. The number of amides is 3. The van der Waals surface area contributed by atoms with Gasteiger partial charge in [-0.2, -0.15) is 0 Å². The van der Waals surface area contributed by atoms with Gasteiger partial charge < -0.3 is 15.1 Å². The highest BCUT2D eigenvalue weighted by Crippen LogP contribution is 2.20. The van der Waals surface area contributed by atoms with Crippen molar-refractivity contribution in [1.82, 2.24) is 15.1 Å². The number of nitrogens with zero attached hydrogens (tertiary/aromatic N) is 2. The van der Waals surface area contributed by atoms with E-state index < -0.39 is 17.9 Å². The zero-order valence-corrected chi connectivity index (χ0v) is 13.1. The summed E-state index contributed by atoms with van der Waals surface area (Å²) in [6.45, 7) is 4.72. The Morgan fingerprint density at radius 3 is 2.33 bits per heavy atom. The van der Waals surface area contributed by atoms with Crippen LogP contribution in [0.4, 0.5) is 0 Å². The standard InChI is InChI=1S/C15H25N3O3/c1-10(2)12(13(19)16-11-6-4-5-7-11)18-9-8-17(3)14(20)15(18)21/h10-12H,4-9H2,1-3H3,(H,16,19). The molecule has 1 aliphatic heterocycles.